The summed E-state index contributed by atoms with van der Waals surface area (Å²) >= 11 is 0. The molecule has 214 valence electrons. The molecule has 3 aromatic heterocycles. The second-order valence-electron chi connectivity index (χ2n) is 10.6. The smallest absolute Gasteiger partial charge is 0.234 e. The van der Waals surface area contributed by atoms with Crippen molar-refractivity contribution in [3.63, 3.8) is 0 Å². The Morgan fingerprint density at radius 3 is 2.57 bits per heavy atom. The fourth-order valence-electron chi connectivity index (χ4n) is 4.96. The Morgan fingerprint density at radius 2 is 1.88 bits per heavy atom. The lowest BCUT2D eigenvalue weighted by atomic mass is 10.0. The largest absolute Gasteiger partial charge is 0.383 e. The summed E-state index contributed by atoms with van der Waals surface area (Å²) in [6, 6.07) is 16.5. The highest BCUT2D eigenvalue weighted by atomic mass is 15.2. The zero-order valence-corrected chi connectivity index (χ0v) is 24.3. The molecule has 1 aliphatic rings. The summed E-state index contributed by atoms with van der Waals surface area (Å²) in [4.78, 5) is 21.9. The van der Waals surface area contributed by atoms with Gasteiger partial charge in [-0.15, -0.1) is 0 Å². The first-order valence-corrected chi connectivity index (χ1v) is 14.0. The number of hydrogen-bond donors (Lipinski definition) is 2. The lowest BCUT2D eigenvalue weighted by Crippen LogP contribution is -2.38. The molecule has 1 saturated heterocycles. The van der Waals surface area contributed by atoms with Crippen LogP contribution in [0.2, 0.25) is 0 Å². The second kappa shape index (κ2) is 12.7. The van der Waals surface area contributed by atoms with E-state index >= 15 is 0 Å². The highest BCUT2D eigenvalue weighted by Gasteiger charge is 2.20. The SMILES string of the molecule is C=c1/c(=C\C=C(/C)N(C)C)nc(-c2cccnc2N)n1-c1ccc(CN2CCC(Nc3ccnc(C#N)n3)CC2)cc1. The van der Waals surface area contributed by atoms with Crippen molar-refractivity contribution in [1.82, 2.24) is 34.3 Å². The molecule has 0 saturated carbocycles. The molecule has 0 spiro atoms. The van der Waals surface area contributed by atoms with Gasteiger partial charge in [0.25, 0.3) is 0 Å². The van der Waals surface area contributed by atoms with E-state index in [0.29, 0.717) is 23.5 Å². The molecule has 10 nitrogen and oxygen atoms in total. The molecule has 1 fully saturated rings. The summed E-state index contributed by atoms with van der Waals surface area (Å²) in [6.07, 6.45) is 9.33. The molecular formula is C32H36N10. The Labute approximate surface area is 246 Å². The van der Waals surface area contributed by atoms with E-state index in [0.717, 1.165) is 60.1 Å². The normalized spacial score (nSPS) is 15.0. The number of imidazole rings is 1. The van der Waals surface area contributed by atoms with Gasteiger partial charge < -0.3 is 16.0 Å². The third kappa shape index (κ3) is 6.48. The molecule has 0 amide bonds. The number of nitriles is 1. The van der Waals surface area contributed by atoms with Crippen LogP contribution in [0.25, 0.3) is 29.7 Å². The van der Waals surface area contributed by atoms with Crippen molar-refractivity contribution < 1.29 is 0 Å². The van der Waals surface area contributed by atoms with Gasteiger partial charge in [-0.2, -0.15) is 5.26 Å². The first-order valence-electron chi connectivity index (χ1n) is 14.0. The third-order valence-electron chi connectivity index (χ3n) is 7.57. The van der Waals surface area contributed by atoms with Crippen LogP contribution < -0.4 is 21.7 Å². The van der Waals surface area contributed by atoms with E-state index in [-0.39, 0.29) is 5.82 Å². The molecule has 0 unspecified atom stereocenters. The van der Waals surface area contributed by atoms with Crippen LogP contribution in [0.3, 0.4) is 0 Å². The fraction of sp³-hybridized carbons (Fsp3) is 0.281. The molecule has 0 radical (unpaired) electrons. The lowest BCUT2D eigenvalue weighted by Gasteiger charge is -2.32. The van der Waals surface area contributed by atoms with Gasteiger partial charge in [-0.05, 0) is 67.8 Å². The Hall–Kier alpha value is -5.01. The van der Waals surface area contributed by atoms with Gasteiger partial charge in [0.15, 0.2) is 0 Å². The predicted molar refractivity (Wildman–Crippen MR) is 167 cm³/mol. The topological polar surface area (TPSA) is 125 Å². The van der Waals surface area contributed by atoms with Gasteiger partial charge in [0.2, 0.25) is 5.82 Å². The molecule has 0 aliphatic carbocycles. The van der Waals surface area contributed by atoms with Crippen LogP contribution in [-0.4, -0.2) is 67.5 Å². The van der Waals surface area contributed by atoms with Crippen molar-refractivity contribution in [3.8, 4) is 23.1 Å². The van der Waals surface area contributed by atoms with Crippen LogP contribution in [0, 0.1) is 11.3 Å². The van der Waals surface area contributed by atoms with E-state index in [1.165, 1.54) is 5.56 Å². The summed E-state index contributed by atoms with van der Waals surface area (Å²) in [5, 5.41) is 14.1. The highest BCUT2D eigenvalue weighted by Crippen LogP contribution is 2.24. The van der Waals surface area contributed by atoms with Crippen molar-refractivity contribution >= 4 is 24.3 Å². The van der Waals surface area contributed by atoms with Crippen LogP contribution in [0.4, 0.5) is 11.6 Å². The molecule has 0 bridgehead atoms. The number of nitrogens with two attached hydrogens (primary N) is 1. The molecule has 1 aliphatic heterocycles. The van der Waals surface area contributed by atoms with Crippen LogP contribution in [0.5, 0.6) is 0 Å². The number of aromatic nitrogens is 5. The number of hydrogen-bond acceptors (Lipinski definition) is 9. The number of pyridine rings is 1. The van der Waals surface area contributed by atoms with E-state index in [9.17, 15) is 0 Å². The average Bonchev–Trinajstić information content (AvgIpc) is 3.33. The molecule has 4 heterocycles. The molecule has 5 rings (SSSR count). The number of piperidine rings is 1. The van der Waals surface area contributed by atoms with E-state index < -0.39 is 0 Å². The van der Waals surface area contributed by atoms with Gasteiger partial charge in [-0.1, -0.05) is 18.7 Å². The first kappa shape index (κ1) is 28.5. The summed E-state index contributed by atoms with van der Waals surface area (Å²) in [5.74, 6) is 2.02. The third-order valence-corrected chi connectivity index (χ3v) is 7.57. The standard InChI is InChI=1S/C32H36N10/c1-22(40(3)4)7-12-28-23(2)42(32(38-28)27-6-5-16-36-31(27)34)26-10-8-24(9-11-26)21-41-18-14-25(15-19-41)37-29-13-17-35-30(20-33)39-29/h5-13,16-17,25H,2,14-15,18-19,21H2,1,3-4H3,(H2,34,36)(H,35,37,39)/b22-7+,28-12+. The van der Waals surface area contributed by atoms with Crippen LogP contribution in [0.15, 0.2) is 66.6 Å². The number of nitrogens with one attached hydrogen (secondary N) is 1. The predicted octanol–water partition coefficient (Wildman–Crippen LogP) is 2.91. The monoisotopic (exact) mass is 560 g/mol. The Bertz CT molecular complexity index is 1720. The van der Waals surface area contributed by atoms with Gasteiger partial charge in [-0.25, -0.2) is 19.9 Å². The molecule has 42 heavy (non-hydrogen) atoms. The van der Waals surface area contributed by atoms with Gasteiger partial charge in [0.05, 0.1) is 16.3 Å². The van der Waals surface area contributed by atoms with Crippen molar-refractivity contribution in [3.05, 3.63) is 88.7 Å². The van der Waals surface area contributed by atoms with Crippen LogP contribution in [-0.2, 0) is 6.54 Å². The average molecular weight is 561 g/mol. The highest BCUT2D eigenvalue weighted by molar-refractivity contribution is 5.70. The number of likely N-dealkylation sites (tertiary alicyclic amines) is 1. The molecule has 1 aromatic carbocycles. The van der Waals surface area contributed by atoms with Crippen molar-refractivity contribution in [2.24, 2.45) is 0 Å². The van der Waals surface area contributed by atoms with Crippen molar-refractivity contribution in [2.45, 2.75) is 32.4 Å². The molecular weight excluding hydrogens is 524 g/mol. The second-order valence-corrected chi connectivity index (χ2v) is 10.6. The summed E-state index contributed by atoms with van der Waals surface area (Å²) in [6.45, 7) is 9.26. The maximum atomic E-state index is 9.04. The summed E-state index contributed by atoms with van der Waals surface area (Å²) in [5.41, 5.74) is 10.4. The number of benzene rings is 1. The van der Waals surface area contributed by atoms with E-state index in [4.69, 9.17) is 16.0 Å². The fourth-order valence-corrected chi connectivity index (χ4v) is 4.96. The summed E-state index contributed by atoms with van der Waals surface area (Å²) in [7, 11) is 4.02. The van der Waals surface area contributed by atoms with Crippen LogP contribution in [0.1, 0.15) is 31.2 Å². The Balaban J connectivity index is 1.33. The number of anilines is 2. The number of nitrogens with zero attached hydrogens (tertiary/aromatic N) is 8. The minimum Gasteiger partial charge on any atom is -0.383 e. The van der Waals surface area contributed by atoms with Crippen molar-refractivity contribution in [2.75, 3.05) is 38.2 Å². The van der Waals surface area contributed by atoms with Gasteiger partial charge in [0, 0.05) is 63.5 Å². The van der Waals surface area contributed by atoms with Gasteiger partial charge in [-0.3, -0.25) is 9.47 Å². The molecule has 10 heteroatoms. The number of nitrogen functional groups attached to an aromatic ring is 1. The summed E-state index contributed by atoms with van der Waals surface area (Å²) < 4.78 is 2.05. The Morgan fingerprint density at radius 1 is 1.12 bits per heavy atom. The lowest BCUT2D eigenvalue weighted by molar-refractivity contribution is 0.211. The van der Waals surface area contributed by atoms with E-state index in [2.05, 4.69) is 67.8 Å². The zero-order chi connectivity index (χ0) is 29.6. The number of allylic oxidation sites excluding steroid dienone is 2. The maximum absolute atomic E-state index is 9.04. The Kier molecular flexibility index (Phi) is 8.60. The minimum atomic E-state index is 0.184. The van der Waals surface area contributed by atoms with Gasteiger partial charge in [0.1, 0.15) is 23.5 Å². The molecule has 0 atom stereocenters. The quantitative estimate of drug-likeness (QED) is 0.335. The molecule has 4 aromatic rings. The van der Waals surface area contributed by atoms with Crippen LogP contribution >= 0.6 is 0 Å². The zero-order valence-electron chi connectivity index (χ0n) is 24.3. The first-order chi connectivity index (χ1) is 20.3. The van der Waals surface area contributed by atoms with Crippen molar-refractivity contribution in [1.29, 1.82) is 5.26 Å². The van der Waals surface area contributed by atoms with E-state index in [1.807, 2.05) is 55.1 Å². The minimum absolute atomic E-state index is 0.184. The number of rotatable bonds is 8. The van der Waals surface area contributed by atoms with Gasteiger partial charge >= 0.3 is 0 Å². The molecule has 3 N–H and O–H groups in total. The maximum Gasteiger partial charge on any atom is 0.234 e. The van der Waals surface area contributed by atoms with E-state index in [1.54, 1.807) is 12.4 Å².